The zero-order chi connectivity index (χ0) is 22.9. The first kappa shape index (κ1) is 22.5. The van der Waals surface area contributed by atoms with Gasteiger partial charge in [-0.1, -0.05) is 0 Å². The first-order valence-electron chi connectivity index (χ1n) is 11.7. The lowest BCUT2D eigenvalue weighted by molar-refractivity contribution is -0.138. The number of hydrogen-bond donors (Lipinski definition) is 1. The van der Waals surface area contributed by atoms with E-state index in [1.165, 1.54) is 10.9 Å². The highest BCUT2D eigenvalue weighted by molar-refractivity contribution is 5.85. The van der Waals surface area contributed by atoms with Crippen molar-refractivity contribution in [2.45, 2.75) is 58.0 Å². The molecule has 2 aliphatic heterocycles. The summed E-state index contributed by atoms with van der Waals surface area (Å²) in [5, 5.41) is 1.20. The second-order valence-corrected chi connectivity index (χ2v) is 10.0. The van der Waals surface area contributed by atoms with E-state index in [4.69, 9.17) is 9.47 Å². The minimum atomic E-state index is -0.525. The smallest absolute Gasteiger partial charge is 0.410 e. The first-order chi connectivity index (χ1) is 15.2. The Morgan fingerprint density at radius 3 is 2.50 bits per heavy atom. The molecule has 7 nitrogen and oxygen atoms in total. The minimum absolute atomic E-state index is 0.134. The molecule has 2 fully saturated rings. The number of methoxy groups -OCH3 is 1. The van der Waals surface area contributed by atoms with Crippen LogP contribution in [0.4, 0.5) is 4.79 Å². The lowest BCUT2D eigenvalue weighted by Crippen LogP contribution is -2.49. The van der Waals surface area contributed by atoms with Gasteiger partial charge < -0.3 is 24.3 Å². The summed E-state index contributed by atoms with van der Waals surface area (Å²) in [4.78, 5) is 32.7. The zero-order valence-corrected chi connectivity index (χ0v) is 19.6. The SMILES string of the molecule is COc1ccc2[nH]cc(C3CCN(C(=O)C4CCCN(C(=O)OC(C)(C)C)C4)CC3)c2c1. The normalized spacial score (nSPS) is 20.4. The molecule has 0 radical (unpaired) electrons. The van der Waals surface area contributed by atoms with Gasteiger partial charge in [0.1, 0.15) is 11.4 Å². The Labute approximate surface area is 190 Å². The molecule has 32 heavy (non-hydrogen) atoms. The highest BCUT2D eigenvalue weighted by Gasteiger charge is 2.34. The molecule has 4 rings (SSSR count). The third-order valence-electron chi connectivity index (χ3n) is 6.59. The highest BCUT2D eigenvalue weighted by Crippen LogP contribution is 2.35. The summed E-state index contributed by atoms with van der Waals surface area (Å²) in [5.41, 5.74) is 1.89. The van der Waals surface area contributed by atoms with Crippen LogP contribution in [-0.2, 0) is 9.53 Å². The Kier molecular flexibility index (Phi) is 6.35. The quantitative estimate of drug-likeness (QED) is 0.759. The summed E-state index contributed by atoms with van der Waals surface area (Å²) in [6, 6.07) is 6.11. The fraction of sp³-hybridized carbons (Fsp3) is 0.600. The molecule has 1 atom stereocenters. The average Bonchev–Trinajstić information content (AvgIpc) is 3.21. The molecule has 2 amide bonds. The number of nitrogens with zero attached hydrogens (tertiary/aromatic N) is 2. The van der Waals surface area contributed by atoms with Crippen LogP contribution in [-0.4, -0.2) is 65.7 Å². The van der Waals surface area contributed by atoms with Crippen LogP contribution in [0.5, 0.6) is 5.75 Å². The van der Waals surface area contributed by atoms with Gasteiger partial charge in [-0.15, -0.1) is 0 Å². The fourth-order valence-electron chi connectivity index (χ4n) is 4.93. The number of piperidine rings is 2. The number of fused-ring (bicyclic) bond motifs is 1. The third-order valence-corrected chi connectivity index (χ3v) is 6.59. The maximum absolute atomic E-state index is 13.2. The van der Waals surface area contributed by atoms with Gasteiger partial charge in [0, 0.05) is 43.3 Å². The molecule has 2 aliphatic rings. The second kappa shape index (κ2) is 9.04. The number of benzene rings is 1. The largest absolute Gasteiger partial charge is 0.497 e. The molecule has 1 aromatic heterocycles. The van der Waals surface area contributed by atoms with E-state index in [9.17, 15) is 9.59 Å². The first-order valence-corrected chi connectivity index (χ1v) is 11.7. The monoisotopic (exact) mass is 441 g/mol. The van der Waals surface area contributed by atoms with Crippen LogP contribution in [0.25, 0.3) is 10.9 Å². The number of nitrogens with one attached hydrogen (secondary N) is 1. The maximum Gasteiger partial charge on any atom is 0.410 e. The number of aromatic amines is 1. The van der Waals surface area contributed by atoms with Gasteiger partial charge in [0.2, 0.25) is 5.91 Å². The van der Waals surface area contributed by atoms with E-state index in [0.717, 1.165) is 50.0 Å². The summed E-state index contributed by atoms with van der Waals surface area (Å²) in [7, 11) is 1.69. The molecule has 7 heteroatoms. The Hall–Kier alpha value is -2.70. The Bertz CT molecular complexity index is 969. The van der Waals surface area contributed by atoms with E-state index in [0.29, 0.717) is 19.0 Å². The van der Waals surface area contributed by atoms with Crippen LogP contribution in [0.3, 0.4) is 0 Å². The van der Waals surface area contributed by atoms with Crippen LogP contribution in [0.2, 0.25) is 0 Å². The fourth-order valence-corrected chi connectivity index (χ4v) is 4.93. The standard InChI is InChI=1S/C25H35N3O4/c1-25(2,3)32-24(30)28-11-5-6-18(16-28)23(29)27-12-9-17(10-13-27)21-15-26-22-8-7-19(31-4)14-20(21)22/h7-8,14-15,17-18,26H,5-6,9-13,16H2,1-4H3. The van der Waals surface area contributed by atoms with Crippen molar-refractivity contribution < 1.29 is 19.1 Å². The second-order valence-electron chi connectivity index (χ2n) is 10.0. The number of carbonyl (C=O) groups is 2. The molecule has 0 aliphatic carbocycles. The van der Waals surface area contributed by atoms with Crippen molar-refractivity contribution in [2.75, 3.05) is 33.3 Å². The number of likely N-dealkylation sites (tertiary alicyclic amines) is 2. The van der Waals surface area contributed by atoms with Crippen LogP contribution in [0, 0.1) is 5.92 Å². The molecule has 2 aromatic rings. The van der Waals surface area contributed by atoms with E-state index in [2.05, 4.69) is 23.3 Å². The molecule has 1 N–H and O–H groups in total. The molecule has 174 valence electrons. The molecule has 1 aromatic carbocycles. The summed E-state index contributed by atoms with van der Waals surface area (Å²) in [5.74, 6) is 1.32. The molecule has 0 spiro atoms. The van der Waals surface area contributed by atoms with Crippen LogP contribution in [0.15, 0.2) is 24.4 Å². The van der Waals surface area contributed by atoms with Crippen molar-refractivity contribution in [1.82, 2.24) is 14.8 Å². The van der Waals surface area contributed by atoms with Crippen molar-refractivity contribution in [3.63, 3.8) is 0 Å². The predicted octanol–water partition coefficient (Wildman–Crippen LogP) is 4.53. The third kappa shape index (κ3) is 4.87. The van der Waals surface area contributed by atoms with Crippen molar-refractivity contribution in [2.24, 2.45) is 5.92 Å². The number of H-pyrrole nitrogens is 1. The van der Waals surface area contributed by atoms with Gasteiger partial charge in [-0.05, 0) is 76.1 Å². The summed E-state index contributed by atoms with van der Waals surface area (Å²) >= 11 is 0. The Morgan fingerprint density at radius 1 is 1.06 bits per heavy atom. The average molecular weight is 442 g/mol. The number of ether oxygens (including phenoxy) is 2. The lowest BCUT2D eigenvalue weighted by Gasteiger charge is -2.38. The van der Waals surface area contributed by atoms with Crippen molar-refractivity contribution >= 4 is 22.9 Å². The predicted molar refractivity (Wildman–Crippen MR) is 124 cm³/mol. The minimum Gasteiger partial charge on any atom is -0.497 e. The number of aromatic nitrogens is 1. The van der Waals surface area contributed by atoms with E-state index in [-0.39, 0.29) is 17.9 Å². The number of rotatable bonds is 3. The molecule has 0 bridgehead atoms. The van der Waals surface area contributed by atoms with Crippen LogP contribution >= 0.6 is 0 Å². The van der Waals surface area contributed by atoms with Gasteiger partial charge in [-0.2, -0.15) is 0 Å². The number of amides is 2. The van der Waals surface area contributed by atoms with Gasteiger partial charge in [-0.3, -0.25) is 4.79 Å². The number of carbonyl (C=O) groups excluding carboxylic acids is 2. The van der Waals surface area contributed by atoms with E-state index in [1.807, 2.05) is 31.7 Å². The van der Waals surface area contributed by atoms with Crippen LogP contribution in [0.1, 0.15) is 57.9 Å². The lowest BCUT2D eigenvalue weighted by atomic mass is 9.88. The van der Waals surface area contributed by atoms with Crippen molar-refractivity contribution in [3.05, 3.63) is 30.0 Å². The van der Waals surface area contributed by atoms with Gasteiger partial charge in [0.15, 0.2) is 0 Å². The highest BCUT2D eigenvalue weighted by atomic mass is 16.6. The van der Waals surface area contributed by atoms with Gasteiger partial charge in [0.05, 0.1) is 13.0 Å². The molecule has 2 saturated heterocycles. The molecule has 1 unspecified atom stereocenters. The number of hydrogen-bond acceptors (Lipinski definition) is 4. The summed E-state index contributed by atoms with van der Waals surface area (Å²) in [6.07, 6.45) is 5.34. The molecular weight excluding hydrogens is 406 g/mol. The van der Waals surface area contributed by atoms with Crippen molar-refractivity contribution in [3.8, 4) is 5.75 Å². The van der Waals surface area contributed by atoms with Crippen molar-refractivity contribution in [1.29, 1.82) is 0 Å². The summed E-state index contributed by atoms with van der Waals surface area (Å²) < 4.78 is 10.9. The van der Waals surface area contributed by atoms with Gasteiger partial charge >= 0.3 is 6.09 Å². The Morgan fingerprint density at radius 2 is 1.81 bits per heavy atom. The van der Waals surface area contributed by atoms with E-state index < -0.39 is 5.60 Å². The topological polar surface area (TPSA) is 74.9 Å². The van der Waals surface area contributed by atoms with Gasteiger partial charge in [0.25, 0.3) is 0 Å². The summed E-state index contributed by atoms with van der Waals surface area (Å²) in [6.45, 7) is 8.22. The zero-order valence-electron chi connectivity index (χ0n) is 19.6. The van der Waals surface area contributed by atoms with E-state index in [1.54, 1.807) is 12.0 Å². The molecule has 3 heterocycles. The molecule has 0 saturated carbocycles. The van der Waals surface area contributed by atoms with Gasteiger partial charge in [-0.25, -0.2) is 4.79 Å². The maximum atomic E-state index is 13.2. The Balaban J connectivity index is 1.36. The van der Waals surface area contributed by atoms with E-state index >= 15 is 0 Å². The molecular formula is C25H35N3O4. The van der Waals surface area contributed by atoms with Crippen LogP contribution < -0.4 is 4.74 Å².